The molecule has 0 radical (unpaired) electrons. The van der Waals surface area contributed by atoms with Gasteiger partial charge in [0.05, 0.1) is 16.1 Å². The number of nitro benzene ring substituents is 1. The summed E-state index contributed by atoms with van der Waals surface area (Å²) in [5, 5.41) is 22.4. The fourth-order valence-electron chi connectivity index (χ4n) is 2.00. The molecule has 0 fully saturated rings. The van der Waals surface area contributed by atoms with Crippen LogP contribution in [0, 0.1) is 17.0 Å². The van der Waals surface area contributed by atoms with E-state index in [1.165, 1.54) is 0 Å². The summed E-state index contributed by atoms with van der Waals surface area (Å²) in [6, 6.07) is 10.6. The van der Waals surface area contributed by atoms with Gasteiger partial charge >= 0.3 is 5.97 Å². The van der Waals surface area contributed by atoms with E-state index in [-0.39, 0.29) is 17.8 Å². The van der Waals surface area contributed by atoms with E-state index in [0.717, 1.165) is 29.3 Å². The topological polar surface area (TPSA) is 110 Å². The second kappa shape index (κ2) is 6.69. The molecule has 0 heterocycles. The Labute approximate surface area is 131 Å². The molecule has 2 rings (SSSR count). The van der Waals surface area contributed by atoms with Gasteiger partial charge in [0, 0.05) is 18.7 Å². The predicted molar refractivity (Wildman–Crippen MR) is 82.4 cm³/mol. The molecule has 0 unspecified atom stereocenters. The zero-order chi connectivity index (χ0) is 17.0. The van der Waals surface area contributed by atoms with Crippen LogP contribution in [0.25, 0.3) is 0 Å². The van der Waals surface area contributed by atoms with Crippen molar-refractivity contribution in [3.8, 4) is 0 Å². The largest absolute Gasteiger partial charge is 0.478 e. The number of carbonyl (C=O) groups excluding carboxylic acids is 1. The van der Waals surface area contributed by atoms with Crippen molar-refractivity contribution >= 4 is 17.6 Å². The summed E-state index contributed by atoms with van der Waals surface area (Å²) in [6.45, 7) is 2.17. The number of aryl methyl sites for hydroxylation is 1. The van der Waals surface area contributed by atoms with E-state index in [0.29, 0.717) is 0 Å². The minimum atomic E-state index is -1.39. The third-order valence-electron chi connectivity index (χ3n) is 3.26. The van der Waals surface area contributed by atoms with Gasteiger partial charge in [0.1, 0.15) is 0 Å². The highest BCUT2D eigenvalue weighted by Crippen LogP contribution is 2.18. The first-order valence-electron chi connectivity index (χ1n) is 6.74. The van der Waals surface area contributed by atoms with Gasteiger partial charge in [-0.25, -0.2) is 4.79 Å². The fraction of sp³-hybridized carbons (Fsp3) is 0.125. The third kappa shape index (κ3) is 3.91. The summed E-state index contributed by atoms with van der Waals surface area (Å²) >= 11 is 0. The molecule has 0 spiro atoms. The Kier molecular flexibility index (Phi) is 4.70. The summed E-state index contributed by atoms with van der Waals surface area (Å²) in [6.07, 6.45) is 0. The maximum Gasteiger partial charge on any atom is 0.336 e. The lowest BCUT2D eigenvalue weighted by Crippen LogP contribution is -2.25. The van der Waals surface area contributed by atoms with Crippen LogP contribution in [0.4, 0.5) is 5.69 Å². The third-order valence-corrected chi connectivity index (χ3v) is 3.26. The Morgan fingerprint density at radius 2 is 1.78 bits per heavy atom. The second-order valence-electron chi connectivity index (χ2n) is 4.96. The van der Waals surface area contributed by atoms with Crippen molar-refractivity contribution in [1.29, 1.82) is 0 Å². The predicted octanol–water partition coefficient (Wildman–Crippen LogP) is 2.53. The molecule has 1 amide bonds. The van der Waals surface area contributed by atoms with Crippen LogP contribution in [0.5, 0.6) is 0 Å². The molecule has 0 atom stereocenters. The minimum absolute atomic E-state index is 0.116. The Morgan fingerprint density at radius 3 is 2.35 bits per heavy atom. The van der Waals surface area contributed by atoms with E-state index in [2.05, 4.69) is 5.32 Å². The zero-order valence-electron chi connectivity index (χ0n) is 12.3. The second-order valence-corrected chi connectivity index (χ2v) is 4.96. The molecule has 7 heteroatoms. The number of rotatable bonds is 5. The van der Waals surface area contributed by atoms with Crippen LogP contribution in [-0.4, -0.2) is 21.9 Å². The van der Waals surface area contributed by atoms with Crippen molar-refractivity contribution in [2.45, 2.75) is 13.5 Å². The molecule has 118 valence electrons. The number of nitrogens with zero attached hydrogens (tertiary/aromatic N) is 1. The van der Waals surface area contributed by atoms with Gasteiger partial charge in [0.15, 0.2) is 0 Å². The van der Waals surface area contributed by atoms with Gasteiger partial charge in [-0.05, 0) is 18.6 Å². The number of non-ortho nitro benzene ring substituents is 1. The molecule has 0 saturated heterocycles. The number of carboxylic acid groups (broad SMARTS) is 1. The van der Waals surface area contributed by atoms with E-state index in [1.54, 1.807) is 0 Å². The van der Waals surface area contributed by atoms with Crippen LogP contribution in [0.3, 0.4) is 0 Å². The molecule has 0 aliphatic rings. The molecule has 2 aromatic rings. The average Bonchev–Trinajstić information content (AvgIpc) is 2.53. The van der Waals surface area contributed by atoms with Gasteiger partial charge in [-0.3, -0.25) is 14.9 Å². The number of nitrogens with one attached hydrogen (secondary N) is 1. The Morgan fingerprint density at radius 1 is 1.13 bits per heavy atom. The van der Waals surface area contributed by atoms with Crippen LogP contribution >= 0.6 is 0 Å². The quantitative estimate of drug-likeness (QED) is 0.651. The summed E-state index contributed by atoms with van der Waals surface area (Å²) < 4.78 is 0. The first kappa shape index (κ1) is 16.2. The normalized spacial score (nSPS) is 10.1. The molecule has 2 aromatic carbocycles. The molecule has 7 nitrogen and oxygen atoms in total. The number of aromatic carboxylic acids is 1. The summed E-state index contributed by atoms with van der Waals surface area (Å²) in [4.78, 5) is 33.4. The highest BCUT2D eigenvalue weighted by atomic mass is 16.6. The molecule has 0 aliphatic heterocycles. The summed E-state index contributed by atoms with van der Waals surface area (Å²) in [7, 11) is 0. The molecule has 0 aliphatic carbocycles. The van der Waals surface area contributed by atoms with Crippen molar-refractivity contribution in [2.75, 3.05) is 0 Å². The number of hydrogen-bond acceptors (Lipinski definition) is 4. The van der Waals surface area contributed by atoms with Gasteiger partial charge in [-0.15, -0.1) is 0 Å². The highest BCUT2D eigenvalue weighted by Gasteiger charge is 2.20. The van der Waals surface area contributed by atoms with Crippen molar-refractivity contribution in [3.63, 3.8) is 0 Å². The molecular weight excluding hydrogens is 300 g/mol. The smallest absolute Gasteiger partial charge is 0.336 e. The van der Waals surface area contributed by atoms with Crippen LogP contribution in [0.1, 0.15) is 31.8 Å². The van der Waals surface area contributed by atoms with Gasteiger partial charge in [0.2, 0.25) is 0 Å². The van der Waals surface area contributed by atoms with Gasteiger partial charge < -0.3 is 10.4 Å². The molecular formula is C16H14N2O5. The first-order valence-corrected chi connectivity index (χ1v) is 6.74. The maximum absolute atomic E-state index is 12.1. The Hall–Kier alpha value is -3.22. The molecule has 0 bridgehead atoms. The Bertz CT molecular complexity index is 769. The van der Waals surface area contributed by atoms with Gasteiger partial charge in [-0.1, -0.05) is 29.8 Å². The monoisotopic (exact) mass is 314 g/mol. The van der Waals surface area contributed by atoms with Gasteiger partial charge in [-0.2, -0.15) is 0 Å². The van der Waals surface area contributed by atoms with Crippen LogP contribution in [0.2, 0.25) is 0 Å². The van der Waals surface area contributed by atoms with Crippen LogP contribution < -0.4 is 5.32 Å². The number of nitro groups is 1. The van der Waals surface area contributed by atoms with E-state index >= 15 is 0 Å². The number of amides is 1. The molecule has 23 heavy (non-hydrogen) atoms. The van der Waals surface area contributed by atoms with Crippen molar-refractivity contribution in [2.24, 2.45) is 0 Å². The van der Waals surface area contributed by atoms with E-state index in [1.807, 2.05) is 31.2 Å². The summed E-state index contributed by atoms with van der Waals surface area (Å²) in [5.41, 5.74) is 1.06. The first-order chi connectivity index (χ1) is 10.9. The molecule has 0 aromatic heterocycles. The Balaban J connectivity index is 2.19. The SMILES string of the molecule is Cc1ccc(CNC(=O)c2ccc([N+](=O)[O-])cc2C(=O)O)cc1. The maximum atomic E-state index is 12.1. The lowest BCUT2D eigenvalue weighted by atomic mass is 10.1. The molecule has 0 saturated carbocycles. The van der Waals surface area contributed by atoms with Crippen LogP contribution in [-0.2, 0) is 6.54 Å². The van der Waals surface area contributed by atoms with E-state index in [4.69, 9.17) is 5.11 Å². The van der Waals surface area contributed by atoms with Crippen LogP contribution in [0.15, 0.2) is 42.5 Å². The standard InChI is InChI=1S/C16H14N2O5/c1-10-2-4-11(5-3-10)9-17-15(19)13-7-6-12(18(22)23)8-14(13)16(20)21/h2-8H,9H2,1H3,(H,17,19)(H,20,21). The summed E-state index contributed by atoms with van der Waals surface area (Å²) in [5.74, 6) is -1.99. The number of carboxylic acids is 1. The minimum Gasteiger partial charge on any atom is -0.478 e. The highest BCUT2D eigenvalue weighted by molar-refractivity contribution is 6.05. The van der Waals surface area contributed by atoms with E-state index in [9.17, 15) is 19.7 Å². The fourth-order valence-corrected chi connectivity index (χ4v) is 2.00. The van der Waals surface area contributed by atoms with E-state index < -0.39 is 22.4 Å². The number of carbonyl (C=O) groups is 2. The lowest BCUT2D eigenvalue weighted by Gasteiger charge is -2.08. The lowest BCUT2D eigenvalue weighted by molar-refractivity contribution is -0.384. The number of benzene rings is 2. The number of hydrogen-bond donors (Lipinski definition) is 2. The molecule has 2 N–H and O–H groups in total. The van der Waals surface area contributed by atoms with Gasteiger partial charge in [0.25, 0.3) is 11.6 Å². The van der Waals surface area contributed by atoms with Crippen molar-refractivity contribution in [1.82, 2.24) is 5.32 Å². The van der Waals surface area contributed by atoms with Crippen molar-refractivity contribution in [3.05, 3.63) is 74.8 Å². The zero-order valence-corrected chi connectivity index (χ0v) is 12.3. The average molecular weight is 314 g/mol. The van der Waals surface area contributed by atoms with Crippen molar-refractivity contribution < 1.29 is 19.6 Å².